The molecule has 0 spiro atoms. The van der Waals surface area contributed by atoms with E-state index >= 15 is 0 Å². The Bertz CT molecular complexity index is 1190. The number of carbonyl (C=O) groups is 2. The standard InChI is InChI=1S/C27H32N4O4S/c1-17(2)12-27(35-25(33)34)13-21(19-14-28-16-29-15-19)22(23-30-10-11-36-23)31(27)24(32)18-6-8-20(9-7-18)26(3,4)5/h6-11,14-17,21-22H,12-13H2,1-5H3,(H,33,34)/t21-,22+,27-/m0/s1. The Labute approximate surface area is 215 Å². The summed E-state index contributed by atoms with van der Waals surface area (Å²) in [6.07, 6.45) is 5.78. The fraction of sp³-hybridized carbons (Fsp3) is 0.444. The van der Waals surface area contributed by atoms with Crippen LogP contribution in [0.1, 0.15) is 85.9 Å². The van der Waals surface area contributed by atoms with Crippen molar-refractivity contribution < 1.29 is 19.4 Å². The SMILES string of the molecule is CC(C)C[C@]1(OC(=O)O)C[C@@H](c2cncnc2)[C@H](c2nccs2)N1C(=O)c1ccc(C(C)(C)C)cc1. The van der Waals surface area contributed by atoms with Crippen molar-refractivity contribution in [2.75, 3.05) is 0 Å². The Morgan fingerprint density at radius 3 is 2.39 bits per heavy atom. The summed E-state index contributed by atoms with van der Waals surface area (Å²) in [5, 5.41) is 12.4. The molecular formula is C27H32N4O4S. The topological polar surface area (TPSA) is 106 Å². The largest absolute Gasteiger partial charge is 0.507 e. The number of hydrogen-bond donors (Lipinski definition) is 1. The highest BCUT2D eigenvalue weighted by Gasteiger charge is 2.58. The Morgan fingerprint density at radius 1 is 1.19 bits per heavy atom. The maximum Gasteiger partial charge on any atom is 0.507 e. The van der Waals surface area contributed by atoms with Gasteiger partial charge < -0.3 is 9.84 Å². The summed E-state index contributed by atoms with van der Waals surface area (Å²) in [7, 11) is 0. The molecule has 1 fully saturated rings. The van der Waals surface area contributed by atoms with Gasteiger partial charge >= 0.3 is 6.16 Å². The average molecular weight is 509 g/mol. The number of rotatable bonds is 6. The quantitative estimate of drug-likeness (QED) is 0.405. The Hall–Kier alpha value is -3.33. The van der Waals surface area contributed by atoms with Gasteiger partial charge in [-0.1, -0.05) is 46.8 Å². The lowest BCUT2D eigenvalue weighted by Gasteiger charge is -2.40. The van der Waals surface area contributed by atoms with Crippen molar-refractivity contribution in [2.24, 2.45) is 5.92 Å². The molecule has 1 saturated heterocycles. The second-order valence-electron chi connectivity index (χ2n) is 10.7. The molecular weight excluding hydrogens is 476 g/mol. The van der Waals surface area contributed by atoms with Gasteiger partial charge in [-0.3, -0.25) is 9.69 Å². The predicted octanol–water partition coefficient (Wildman–Crippen LogP) is 6.04. The van der Waals surface area contributed by atoms with Crippen molar-refractivity contribution in [2.45, 2.75) is 70.6 Å². The summed E-state index contributed by atoms with van der Waals surface area (Å²) in [6, 6.07) is 6.98. The van der Waals surface area contributed by atoms with Crippen LogP contribution in [0.3, 0.4) is 0 Å². The highest BCUT2D eigenvalue weighted by molar-refractivity contribution is 7.09. The second kappa shape index (κ2) is 9.97. The van der Waals surface area contributed by atoms with Crippen molar-refractivity contribution in [3.05, 3.63) is 76.3 Å². The van der Waals surface area contributed by atoms with E-state index in [1.807, 2.05) is 43.5 Å². The molecule has 3 heterocycles. The lowest BCUT2D eigenvalue weighted by atomic mass is 9.86. The number of thiazole rings is 1. The molecule has 0 bridgehead atoms. The van der Waals surface area contributed by atoms with Gasteiger partial charge in [0.1, 0.15) is 11.3 Å². The molecule has 1 N–H and O–H groups in total. The second-order valence-corrected chi connectivity index (χ2v) is 11.6. The number of hydrogen-bond acceptors (Lipinski definition) is 7. The monoisotopic (exact) mass is 508 g/mol. The molecule has 8 nitrogen and oxygen atoms in total. The van der Waals surface area contributed by atoms with E-state index in [0.29, 0.717) is 17.0 Å². The fourth-order valence-corrected chi connectivity index (χ4v) is 5.92. The lowest BCUT2D eigenvalue weighted by Crippen LogP contribution is -2.52. The van der Waals surface area contributed by atoms with E-state index in [-0.39, 0.29) is 29.6 Å². The van der Waals surface area contributed by atoms with Crippen molar-refractivity contribution >= 4 is 23.4 Å². The Kier molecular flexibility index (Phi) is 7.13. The normalized spacial score (nSPS) is 22.1. The molecule has 190 valence electrons. The zero-order valence-corrected chi connectivity index (χ0v) is 22.0. The molecule has 4 rings (SSSR count). The number of carbonyl (C=O) groups excluding carboxylic acids is 1. The van der Waals surface area contributed by atoms with Gasteiger partial charge in [0.2, 0.25) is 0 Å². The summed E-state index contributed by atoms with van der Waals surface area (Å²) >= 11 is 1.43. The minimum atomic E-state index is -1.42. The van der Waals surface area contributed by atoms with Gasteiger partial charge in [0.05, 0.1) is 6.04 Å². The van der Waals surface area contributed by atoms with Gasteiger partial charge in [-0.25, -0.2) is 19.7 Å². The molecule has 2 aromatic heterocycles. The van der Waals surface area contributed by atoms with Crippen LogP contribution in [-0.4, -0.2) is 42.7 Å². The van der Waals surface area contributed by atoms with E-state index in [0.717, 1.165) is 11.1 Å². The Morgan fingerprint density at radius 2 is 1.86 bits per heavy atom. The maximum absolute atomic E-state index is 14.3. The maximum atomic E-state index is 14.3. The number of benzene rings is 1. The highest BCUT2D eigenvalue weighted by atomic mass is 32.1. The van der Waals surface area contributed by atoms with Crippen molar-refractivity contribution in [3.63, 3.8) is 0 Å². The molecule has 1 aliphatic rings. The van der Waals surface area contributed by atoms with Crippen LogP contribution in [0.25, 0.3) is 0 Å². The number of ether oxygens (including phenoxy) is 1. The van der Waals surface area contributed by atoms with Crippen LogP contribution in [-0.2, 0) is 10.2 Å². The van der Waals surface area contributed by atoms with Crippen LogP contribution >= 0.6 is 11.3 Å². The van der Waals surface area contributed by atoms with Crippen molar-refractivity contribution in [1.29, 1.82) is 0 Å². The van der Waals surface area contributed by atoms with E-state index in [2.05, 4.69) is 35.7 Å². The molecule has 1 aromatic carbocycles. The Balaban J connectivity index is 1.89. The summed E-state index contributed by atoms with van der Waals surface area (Å²) in [4.78, 5) is 40.8. The van der Waals surface area contributed by atoms with E-state index in [1.54, 1.807) is 23.5 Å². The van der Waals surface area contributed by atoms with E-state index in [9.17, 15) is 14.7 Å². The number of likely N-dealkylation sites (tertiary alicyclic amines) is 1. The van der Waals surface area contributed by atoms with Crippen LogP contribution in [0.5, 0.6) is 0 Å². The third-order valence-electron chi connectivity index (χ3n) is 6.57. The summed E-state index contributed by atoms with van der Waals surface area (Å²) in [5.74, 6) is -0.532. The van der Waals surface area contributed by atoms with Gasteiger partial charge in [0.15, 0.2) is 5.72 Å². The first kappa shape index (κ1) is 25.8. The van der Waals surface area contributed by atoms with Crippen LogP contribution < -0.4 is 0 Å². The van der Waals surface area contributed by atoms with E-state index < -0.39 is 17.9 Å². The molecule has 36 heavy (non-hydrogen) atoms. The third-order valence-corrected chi connectivity index (χ3v) is 7.42. The van der Waals surface area contributed by atoms with Crippen LogP contribution in [0, 0.1) is 5.92 Å². The average Bonchev–Trinajstić information content (AvgIpc) is 3.44. The lowest BCUT2D eigenvalue weighted by molar-refractivity contribution is -0.108. The molecule has 1 aliphatic heterocycles. The van der Waals surface area contributed by atoms with Crippen molar-refractivity contribution in [3.8, 4) is 0 Å². The highest BCUT2D eigenvalue weighted by Crippen LogP contribution is 2.55. The van der Waals surface area contributed by atoms with Crippen molar-refractivity contribution in [1.82, 2.24) is 19.9 Å². The molecule has 1 amide bonds. The first-order valence-corrected chi connectivity index (χ1v) is 12.9. The molecule has 0 unspecified atom stereocenters. The molecule has 0 radical (unpaired) electrons. The number of carboxylic acid groups (broad SMARTS) is 1. The summed E-state index contributed by atoms with van der Waals surface area (Å²) in [5.41, 5.74) is 0.933. The first-order valence-electron chi connectivity index (χ1n) is 12.0. The van der Waals surface area contributed by atoms with Crippen LogP contribution in [0.2, 0.25) is 0 Å². The van der Waals surface area contributed by atoms with Gasteiger partial charge in [-0.15, -0.1) is 11.3 Å². The summed E-state index contributed by atoms with van der Waals surface area (Å²) < 4.78 is 5.68. The fourth-order valence-electron chi connectivity index (χ4n) is 5.13. The van der Waals surface area contributed by atoms with Gasteiger partial charge in [0, 0.05) is 48.3 Å². The first-order chi connectivity index (χ1) is 17.0. The zero-order chi connectivity index (χ0) is 26.1. The number of aromatic nitrogens is 3. The molecule has 3 aromatic rings. The molecule has 0 aliphatic carbocycles. The molecule has 0 saturated carbocycles. The van der Waals surface area contributed by atoms with Gasteiger partial charge in [-0.05, 0) is 34.6 Å². The smallest absolute Gasteiger partial charge is 0.450 e. The summed E-state index contributed by atoms with van der Waals surface area (Å²) in [6.45, 7) is 10.3. The van der Waals surface area contributed by atoms with Crippen LogP contribution in [0.15, 0.2) is 54.6 Å². The van der Waals surface area contributed by atoms with Gasteiger partial charge in [0.25, 0.3) is 5.91 Å². The predicted molar refractivity (Wildman–Crippen MR) is 137 cm³/mol. The number of amides is 1. The zero-order valence-electron chi connectivity index (χ0n) is 21.2. The third kappa shape index (κ3) is 5.11. The molecule has 3 atom stereocenters. The minimum Gasteiger partial charge on any atom is -0.450 e. The van der Waals surface area contributed by atoms with Gasteiger partial charge in [-0.2, -0.15) is 0 Å². The minimum absolute atomic E-state index is 0.0608. The van der Waals surface area contributed by atoms with E-state index in [1.165, 1.54) is 17.7 Å². The number of nitrogens with zero attached hydrogens (tertiary/aromatic N) is 4. The molecule has 9 heteroatoms. The van der Waals surface area contributed by atoms with E-state index in [4.69, 9.17) is 4.74 Å². The van der Waals surface area contributed by atoms with Crippen LogP contribution in [0.4, 0.5) is 4.79 Å².